The molecule has 3 aliphatic rings. The van der Waals surface area contributed by atoms with Crippen molar-refractivity contribution < 1.29 is 17.9 Å². The topological polar surface area (TPSA) is 129 Å². The molecule has 3 N–H and O–H groups in total. The number of hydrogen-bond acceptors (Lipinski definition) is 9. The maximum atomic E-state index is 12.6. The molecule has 2 unspecified atom stereocenters. The first-order chi connectivity index (χ1) is 19.8. The molecule has 3 aromatic rings. The molecule has 41 heavy (non-hydrogen) atoms. The molecule has 3 saturated heterocycles. The third kappa shape index (κ3) is 6.95. The van der Waals surface area contributed by atoms with E-state index < -0.39 is 9.84 Å². The summed E-state index contributed by atoms with van der Waals surface area (Å²) in [5.41, 5.74) is 3.64. The number of fused-ring (bicyclic) bond motifs is 2. The van der Waals surface area contributed by atoms with Gasteiger partial charge in [0.25, 0.3) is 0 Å². The first kappa shape index (κ1) is 27.4. The lowest BCUT2D eigenvalue weighted by Gasteiger charge is -2.33. The Morgan fingerprint density at radius 2 is 1.54 bits per heavy atom. The SMILES string of the molecule is CS(=O)(=O)Cc1cc(N2CC3CCC(C2)O3)nc(-c2ccc(NC(=O)Nc3ccc(N4CCNCC4)cc3)cc2)n1. The lowest BCUT2D eigenvalue weighted by atomic mass is 10.2. The monoisotopic (exact) mass is 577 g/mol. The lowest BCUT2D eigenvalue weighted by molar-refractivity contribution is 0.0302. The quantitative estimate of drug-likeness (QED) is 0.388. The zero-order chi connectivity index (χ0) is 28.4. The van der Waals surface area contributed by atoms with Gasteiger partial charge in [0.05, 0.1) is 23.7 Å². The summed E-state index contributed by atoms with van der Waals surface area (Å²) in [6.07, 6.45) is 3.60. The molecule has 0 radical (unpaired) electrons. The van der Waals surface area contributed by atoms with Gasteiger partial charge in [0.2, 0.25) is 0 Å². The van der Waals surface area contributed by atoms with Crippen molar-refractivity contribution in [2.24, 2.45) is 0 Å². The summed E-state index contributed by atoms with van der Waals surface area (Å²) in [4.78, 5) is 26.5. The summed E-state index contributed by atoms with van der Waals surface area (Å²) in [5, 5.41) is 9.08. The smallest absolute Gasteiger partial charge is 0.323 e. The van der Waals surface area contributed by atoms with Crippen molar-refractivity contribution >= 4 is 38.7 Å². The maximum absolute atomic E-state index is 12.6. The summed E-state index contributed by atoms with van der Waals surface area (Å²) < 4.78 is 30.1. The van der Waals surface area contributed by atoms with Gasteiger partial charge in [-0.05, 0) is 61.4 Å². The lowest BCUT2D eigenvalue weighted by Crippen LogP contribution is -2.43. The van der Waals surface area contributed by atoms with Crippen molar-refractivity contribution in [3.63, 3.8) is 0 Å². The third-order valence-electron chi connectivity index (χ3n) is 7.55. The van der Waals surface area contributed by atoms with Crippen molar-refractivity contribution in [2.45, 2.75) is 30.8 Å². The molecule has 1 aromatic heterocycles. The number of anilines is 4. The number of piperazine rings is 1. The van der Waals surface area contributed by atoms with Gasteiger partial charge in [0.15, 0.2) is 15.7 Å². The molecule has 4 heterocycles. The van der Waals surface area contributed by atoms with E-state index in [9.17, 15) is 13.2 Å². The number of nitrogens with zero attached hydrogens (tertiary/aromatic N) is 4. The molecule has 3 fully saturated rings. The minimum atomic E-state index is -3.28. The van der Waals surface area contributed by atoms with Crippen LogP contribution in [0.15, 0.2) is 54.6 Å². The van der Waals surface area contributed by atoms with E-state index in [0.717, 1.165) is 63.4 Å². The Balaban J connectivity index is 1.14. The number of carbonyl (C=O) groups is 1. The van der Waals surface area contributed by atoms with Gasteiger partial charge in [0.1, 0.15) is 5.82 Å². The average Bonchev–Trinajstić information content (AvgIpc) is 3.30. The van der Waals surface area contributed by atoms with Gasteiger partial charge < -0.3 is 30.5 Å². The fourth-order valence-electron chi connectivity index (χ4n) is 5.59. The first-order valence-corrected chi connectivity index (χ1v) is 16.0. The molecular formula is C29H35N7O4S. The van der Waals surface area contributed by atoms with E-state index in [1.54, 1.807) is 18.2 Å². The van der Waals surface area contributed by atoms with Crippen LogP contribution in [0.2, 0.25) is 0 Å². The largest absolute Gasteiger partial charge is 0.371 e. The van der Waals surface area contributed by atoms with Crippen LogP contribution in [0.4, 0.5) is 27.7 Å². The summed E-state index contributed by atoms with van der Waals surface area (Å²) in [7, 11) is -3.28. The van der Waals surface area contributed by atoms with Crippen LogP contribution in [0.3, 0.4) is 0 Å². The molecule has 0 aliphatic carbocycles. The molecule has 0 spiro atoms. The van der Waals surface area contributed by atoms with Crippen LogP contribution in [0, 0.1) is 0 Å². The van der Waals surface area contributed by atoms with Gasteiger partial charge in [-0.3, -0.25) is 0 Å². The van der Waals surface area contributed by atoms with Gasteiger partial charge in [-0.2, -0.15) is 0 Å². The van der Waals surface area contributed by atoms with Crippen molar-refractivity contribution in [1.82, 2.24) is 15.3 Å². The van der Waals surface area contributed by atoms with Crippen LogP contribution in [-0.4, -0.2) is 82.1 Å². The fourth-order valence-corrected chi connectivity index (χ4v) is 6.28. The second-order valence-electron chi connectivity index (χ2n) is 10.9. The zero-order valence-corrected chi connectivity index (χ0v) is 23.9. The second-order valence-corrected chi connectivity index (χ2v) is 13.1. The van der Waals surface area contributed by atoms with E-state index in [1.165, 1.54) is 6.26 Å². The van der Waals surface area contributed by atoms with Crippen LogP contribution >= 0.6 is 0 Å². The van der Waals surface area contributed by atoms with E-state index in [-0.39, 0.29) is 24.0 Å². The Morgan fingerprint density at radius 3 is 2.15 bits per heavy atom. The van der Waals surface area contributed by atoms with Crippen LogP contribution in [0.1, 0.15) is 18.5 Å². The third-order valence-corrected chi connectivity index (χ3v) is 8.37. The van der Waals surface area contributed by atoms with Crippen LogP contribution in [0.25, 0.3) is 11.4 Å². The maximum Gasteiger partial charge on any atom is 0.323 e. The predicted molar refractivity (Wildman–Crippen MR) is 160 cm³/mol. The van der Waals surface area contributed by atoms with Gasteiger partial charge in [-0.1, -0.05) is 0 Å². The van der Waals surface area contributed by atoms with Crippen LogP contribution < -0.4 is 25.8 Å². The molecule has 6 rings (SSSR count). The van der Waals surface area contributed by atoms with Gasteiger partial charge in [-0.25, -0.2) is 23.2 Å². The minimum Gasteiger partial charge on any atom is -0.371 e. The number of benzene rings is 2. The fraction of sp³-hybridized carbons (Fsp3) is 0.414. The Bertz CT molecular complexity index is 1480. The summed E-state index contributed by atoms with van der Waals surface area (Å²) in [5.74, 6) is 0.988. The first-order valence-electron chi connectivity index (χ1n) is 14.0. The molecule has 3 aliphatic heterocycles. The molecule has 2 aromatic carbocycles. The van der Waals surface area contributed by atoms with Crippen LogP contribution in [-0.2, 0) is 20.3 Å². The van der Waals surface area contributed by atoms with E-state index in [2.05, 4.69) is 30.7 Å². The minimum absolute atomic E-state index is 0.164. The highest BCUT2D eigenvalue weighted by Gasteiger charge is 2.34. The van der Waals surface area contributed by atoms with E-state index in [0.29, 0.717) is 28.7 Å². The normalized spacial score (nSPS) is 20.6. The molecule has 2 amide bonds. The molecule has 2 atom stereocenters. The Morgan fingerprint density at radius 1 is 0.927 bits per heavy atom. The highest BCUT2D eigenvalue weighted by molar-refractivity contribution is 7.89. The van der Waals surface area contributed by atoms with E-state index in [4.69, 9.17) is 9.72 Å². The number of nitrogens with one attached hydrogen (secondary N) is 3. The Hall–Kier alpha value is -3.74. The highest BCUT2D eigenvalue weighted by Crippen LogP contribution is 2.30. The molecule has 2 bridgehead atoms. The predicted octanol–water partition coefficient (Wildman–Crippen LogP) is 3.11. The van der Waals surface area contributed by atoms with Crippen molar-refractivity contribution in [2.75, 3.05) is 66.0 Å². The Kier molecular flexibility index (Phi) is 7.78. The number of ether oxygens (including phenoxy) is 1. The molecular weight excluding hydrogens is 542 g/mol. The summed E-state index contributed by atoms with van der Waals surface area (Å²) in [6.45, 7) is 5.31. The number of morpholine rings is 1. The summed E-state index contributed by atoms with van der Waals surface area (Å²) >= 11 is 0. The zero-order valence-electron chi connectivity index (χ0n) is 23.0. The Labute approximate surface area is 240 Å². The molecule has 216 valence electrons. The van der Waals surface area contributed by atoms with E-state index in [1.807, 2.05) is 36.4 Å². The van der Waals surface area contributed by atoms with Gasteiger partial charge in [0, 0.05) is 74.2 Å². The standard InChI is InChI=1S/C29H35N7O4S/c1-41(38,39)19-23-16-27(36-17-25-10-11-26(18-36)40-25)34-28(31-23)20-2-4-21(5-3-20)32-29(37)33-22-6-8-24(9-7-22)35-14-12-30-13-15-35/h2-9,16,25-26,30H,10-15,17-19H2,1H3,(H2,32,33,37). The molecule has 12 heteroatoms. The number of hydrogen-bond donors (Lipinski definition) is 3. The van der Waals surface area contributed by atoms with Crippen molar-refractivity contribution in [1.29, 1.82) is 0 Å². The van der Waals surface area contributed by atoms with Crippen LogP contribution in [0.5, 0.6) is 0 Å². The average molecular weight is 578 g/mol. The number of urea groups is 1. The number of aromatic nitrogens is 2. The highest BCUT2D eigenvalue weighted by atomic mass is 32.2. The van der Waals surface area contributed by atoms with Gasteiger partial charge >= 0.3 is 6.03 Å². The van der Waals surface area contributed by atoms with Crippen molar-refractivity contribution in [3.05, 3.63) is 60.3 Å². The number of rotatable bonds is 7. The van der Waals surface area contributed by atoms with E-state index >= 15 is 0 Å². The van der Waals surface area contributed by atoms with Crippen molar-refractivity contribution in [3.8, 4) is 11.4 Å². The molecule has 0 saturated carbocycles. The number of sulfone groups is 1. The summed E-state index contributed by atoms with van der Waals surface area (Å²) in [6, 6.07) is 16.5. The second kappa shape index (κ2) is 11.6. The number of amides is 2. The molecule has 11 nitrogen and oxygen atoms in total. The number of carbonyl (C=O) groups excluding carboxylic acids is 1. The van der Waals surface area contributed by atoms with Gasteiger partial charge in [-0.15, -0.1) is 0 Å².